The average Bonchev–Trinajstić information content (AvgIpc) is 2.74. The number of ether oxygens (including phenoxy) is 1. The molecule has 1 heterocycles. The summed E-state index contributed by atoms with van der Waals surface area (Å²) in [6.45, 7) is 2.38. The third kappa shape index (κ3) is 5.33. The van der Waals surface area contributed by atoms with E-state index in [1.54, 1.807) is 24.4 Å². The molecule has 0 aliphatic carbocycles. The quantitative estimate of drug-likeness (QED) is 0.205. The number of phenolic OH excluding ortho intramolecular Hbond substituents is 1. The molecule has 3 amide bonds. The topological polar surface area (TPSA) is 122 Å². The van der Waals surface area contributed by atoms with E-state index in [-0.39, 0.29) is 17.3 Å². The molecule has 3 aromatic rings. The fourth-order valence-electron chi connectivity index (χ4n) is 2.90. The highest BCUT2D eigenvalue weighted by Crippen LogP contribution is 2.34. The lowest BCUT2D eigenvalue weighted by Gasteiger charge is -2.14. The van der Waals surface area contributed by atoms with E-state index in [1.807, 2.05) is 13.0 Å². The second-order valence-electron chi connectivity index (χ2n) is 6.37. The monoisotopic (exact) mass is 536 g/mol. The molecule has 0 spiro atoms. The first-order chi connectivity index (χ1) is 15.0. The smallest absolute Gasteiger partial charge is 0.319 e. The van der Waals surface area contributed by atoms with Crippen molar-refractivity contribution in [2.45, 2.75) is 11.4 Å². The maximum Gasteiger partial charge on any atom is 0.319 e. The first kappa shape index (κ1) is 22.6. The van der Waals surface area contributed by atoms with Gasteiger partial charge in [0.05, 0.1) is 18.2 Å². The molecule has 9 nitrogen and oxygen atoms in total. The summed E-state index contributed by atoms with van der Waals surface area (Å²) in [5, 5.41) is 16.2. The van der Waals surface area contributed by atoms with E-state index in [0.717, 1.165) is 5.56 Å². The van der Waals surface area contributed by atoms with E-state index in [4.69, 9.17) is 4.74 Å². The second kappa shape index (κ2) is 10.3. The van der Waals surface area contributed by atoms with Crippen molar-refractivity contribution in [3.05, 3.63) is 53.7 Å². The number of pyridine rings is 1. The fraction of sp³-hybridized carbons (Fsp3) is 0.190. The van der Waals surface area contributed by atoms with Gasteiger partial charge in [0.1, 0.15) is 17.2 Å². The maximum absolute atomic E-state index is 12.1. The summed E-state index contributed by atoms with van der Waals surface area (Å²) in [6, 6.07) is 9.62. The van der Waals surface area contributed by atoms with Gasteiger partial charge in [0.15, 0.2) is 0 Å². The molecule has 0 aliphatic rings. The molecule has 0 saturated carbocycles. The van der Waals surface area contributed by atoms with Gasteiger partial charge in [0.25, 0.3) is 5.91 Å². The zero-order valence-electron chi connectivity index (χ0n) is 16.9. The van der Waals surface area contributed by atoms with Gasteiger partial charge in [-0.15, -0.1) is 0 Å². The van der Waals surface area contributed by atoms with Crippen molar-refractivity contribution in [2.75, 3.05) is 19.0 Å². The summed E-state index contributed by atoms with van der Waals surface area (Å²) >= 11 is 2.21. The van der Waals surface area contributed by atoms with E-state index < -0.39 is 5.91 Å². The van der Waals surface area contributed by atoms with Crippen LogP contribution in [0.1, 0.15) is 22.8 Å². The predicted molar refractivity (Wildman–Crippen MR) is 125 cm³/mol. The number of fused-ring (bicyclic) bond motifs is 1. The largest absolute Gasteiger partial charge is 0.507 e. The molecule has 2 aromatic carbocycles. The number of aromatic hydroxyl groups is 1. The van der Waals surface area contributed by atoms with Crippen LogP contribution in [0, 0.1) is 0 Å². The summed E-state index contributed by atoms with van der Waals surface area (Å²) in [5.41, 5.74) is 4.26. The van der Waals surface area contributed by atoms with E-state index in [0.29, 0.717) is 39.1 Å². The minimum atomic E-state index is -0.593. The molecule has 162 valence electrons. The first-order valence-corrected chi connectivity index (χ1v) is 10.9. The number of carbonyl (C=O) groups excluding carboxylic acids is 2. The van der Waals surface area contributed by atoms with Gasteiger partial charge in [-0.1, -0.05) is 22.6 Å². The van der Waals surface area contributed by atoms with E-state index in [9.17, 15) is 14.7 Å². The van der Waals surface area contributed by atoms with Gasteiger partial charge in [0, 0.05) is 34.3 Å². The number of carbonyl (C=O) groups is 2. The van der Waals surface area contributed by atoms with Gasteiger partial charge in [-0.3, -0.25) is 14.6 Å². The molecule has 0 saturated heterocycles. The number of alkyl halides is 1. The third-order valence-electron chi connectivity index (χ3n) is 4.29. The SMILES string of the molecule is CCNC(=O)Nc1ccc(Oc2ccnc3cc(O)c(C(=O)NOC)cc23)cc1CI. The molecule has 4 N–H and O–H groups in total. The lowest BCUT2D eigenvalue weighted by Crippen LogP contribution is -2.28. The van der Waals surface area contributed by atoms with E-state index in [2.05, 4.69) is 48.5 Å². The number of aromatic nitrogens is 1. The van der Waals surface area contributed by atoms with Crippen LogP contribution in [0.25, 0.3) is 10.9 Å². The van der Waals surface area contributed by atoms with E-state index in [1.165, 1.54) is 19.2 Å². The number of nitrogens with zero attached hydrogens (tertiary/aromatic N) is 1. The normalized spacial score (nSPS) is 10.5. The highest BCUT2D eigenvalue weighted by atomic mass is 127. The summed E-state index contributed by atoms with van der Waals surface area (Å²) in [7, 11) is 1.31. The van der Waals surface area contributed by atoms with Gasteiger partial charge in [-0.2, -0.15) is 0 Å². The van der Waals surface area contributed by atoms with Crippen LogP contribution in [0.5, 0.6) is 17.2 Å². The van der Waals surface area contributed by atoms with Crippen LogP contribution in [0.15, 0.2) is 42.6 Å². The summed E-state index contributed by atoms with van der Waals surface area (Å²) < 4.78 is 6.72. The lowest BCUT2D eigenvalue weighted by atomic mass is 10.1. The van der Waals surface area contributed by atoms with Crippen LogP contribution in [0.3, 0.4) is 0 Å². The molecule has 1 aromatic heterocycles. The Morgan fingerprint density at radius 1 is 1.19 bits per heavy atom. The number of anilines is 1. The Kier molecular flexibility index (Phi) is 7.47. The fourth-order valence-corrected chi connectivity index (χ4v) is 3.53. The molecule has 0 atom stereocenters. The number of urea groups is 1. The number of nitrogens with one attached hydrogen (secondary N) is 3. The van der Waals surface area contributed by atoms with Gasteiger partial charge in [-0.25, -0.2) is 10.3 Å². The maximum atomic E-state index is 12.1. The molecular formula is C21H21IN4O5. The van der Waals surface area contributed by atoms with Crippen molar-refractivity contribution in [3.8, 4) is 17.2 Å². The van der Waals surface area contributed by atoms with Crippen LogP contribution in [0.2, 0.25) is 0 Å². The van der Waals surface area contributed by atoms with E-state index >= 15 is 0 Å². The second-order valence-corrected chi connectivity index (χ2v) is 7.13. The Bertz CT molecular complexity index is 1120. The molecular weight excluding hydrogens is 515 g/mol. The van der Waals surface area contributed by atoms with Crippen LogP contribution in [0.4, 0.5) is 10.5 Å². The molecule has 0 bridgehead atoms. The van der Waals surface area contributed by atoms with Crippen molar-refractivity contribution in [2.24, 2.45) is 0 Å². The Hall–Kier alpha value is -3.12. The predicted octanol–water partition coefficient (Wildman–Crippen LogP) is 4.10. The number of hydrogen-bond donors (Lipinski definition) is 4. The first-order valence-electron chi connectivity index (χ1n) is 9.33. The molecule has 0 unspecified atom stereocenters. The molecule has 0 aliphatic heterocycles. The van der Waals surface area contributed by atoms with Crippen LogP contribution in [-0.4, -0.2) is 35.7 Å². The summed E-state index contributed by atoms with van der Waals surface area (Å²) in [6.07, 6.45) is 1.55. The van der Waals surface area contributed by atoms with Gasteiger partial charge in [-0.05, 0) is 42.8 Å². The lowest BCUT2D eigenvalue weighted by molar-refractivity contribution is 0.0535. The number of amides is 3. The van der Waals surface area contributed by atoms with Gasteiger partial charge < -0.3 is 20.5 Å². The number of rotatable bonds is 7. The Balaban J connectivity index is 1.94. The Labute approximate surface area is 192 Å². The zero-order valence-corrected chi connectivity index (χ0v) is 19.0. The molecule has 0 radical (unpaired) electrons. The number of hydrogen-bond acceptors (Lipinski definition) is 6. The standard InChI is InChI=1S/C21H21IN4O5/c1-3-23-21(29)25-16-5-4-13(8-12(16)11-22)31-19-6-7-24-17-10-18(27)15(9-14(17)19)20(28)26-30-2/h4-10,27H,3,11H2,1-2H3,(H,26,28)(H2,23,25,29). The molecule has 3 rings (SSSR count). The number of benzene rings is 2. The van der Waals surface area contributed by atoms with Crippen LogP contribution in [-0.2, 0) is 9.27 Å². The van der Waals surface area contributed by atoms with Crippen LogP contribution >= 0.6 is 22.6 Å². The summed E-state index contributed by atoms with van der Waals surface area (Å²) in [4.78, 5) is 32.8. The van der Waals surface area contributed by atoms with Crippen molar-refractivity contribution in [1.82, 2.24) is 15.8 Å². The summed E-state index contributed by atoms with van der Waals surface area (Å²) in [5.74, 6) is 0.196. The highest BCUT2D eigenvalue weighted by molar-refractivity contribution is 14.1. The van der Waals surface area contributed by atoms with Gasteiger partial charge in [0.2, 0.25) is 0 Å². The molecule has 0 fully saturated rings. The number of phenols is 1. The van der Waals surface area contributed by atoms with Gasteiger partial charge >= 0.3 is 6.03 Å². The third-order valence-corrected chi connectivity index (χ3v) is 5.11. The minimum Gasteiger partial charge on any atom is -0.507 e. The Morgan fingerprint density at radius 3 is 2.71 bits per heavy atom. The minimum absolute atomic E-state index is 0.0293. The van der Waals surface area contributed by atoms with Crippen molar-refractivity contribution in [3.63, 3.8) is 0 Å². The van der Waals surface area contributed by atoms with Crippen molar-refractivity contribution in [1.29, 1.82) is 0 Å². The number of hydroxylamine groups is 1. The molecule has 10 heteroatoms. The average molecular weight is 536 g/mol. The number of halogens is 1. The Morgan fingerprint density at radius 2 is 2.00 bits per heavy atom. The zero-order chi connectivity index (χ0) is 22.4. The molecule has 31 heavy (non-hydrogen) atoms. The van der Waals surface area contributed by atoms with Crippen LogP contribution < -0.4 is 20.9 Å². The highest BCUT2D eigenvalue weighted by Gasteiger charge is 2.16. The van der Waals surface area contributed by atoms with Crippen molar-refractivity contribution < 1.29 is 24.3 Å². The van der Waals surface area contributed by atoms with Crippen molar-refractivity contribution >= 4 is 51.1 Å².